The molecule has 4 saturated heterocycles. The third-order valence-corrected chi connectivity index (χ3v) is 20.2. The average Bonchev–Trinajstić information content (AvgIpc) is 1.55. The van der Waals surface area contributed by atoms with E-state index in [1.807, 2.05) is 0 Å². The first-order valence-electron chi connectivity index (χ1n) is 30.6. The monoisotopic (exact) mass is 1260 g/mol. The molecular weight excluding hydrogens is 1170 g/mol. The quantitative estimate of drug-likeness (QED) is 0.0685. The van der Waals surface area contributed by atoms with Crippen LogP contribution in [-0.4, -0.2) is 229 Å². The van der Waals surface area contributed by atoms with Crippen molar-refractivity contribution < 1.29 is 135 Å². The number of hydrogen-bond donors (Lipinski definition) is 5. The molecule has 4 aliphatic carbocycles. The average molecular weight is 1260 g/mol. The number of carbonyl (C=O) groups excluding carboxylic acids is 7. The highest BCUT2D eigenvalue weighted by atomic mass is 16.8. The molecule has 496 valence electrons. The lowest BCUT2D eigenvalue weighted by atomic mass is 9.43. The van der Waals surface area contributed by atoms with Crippen molar-refractivity contribution in [3.05, 3.63) is 11.6 Å². The van der Waals surface area contributed by atoms with Gasteiger partial charge in [0.1, 0.15) is 49.3 Å². The summed E-state index contributed by atoms with van der Waals surface area (Å²) in [4.78, 5) is 89.8. The van der Waals surface area contributed by atoms with Crippen molar-refractivity contribution in [2.24, 2.45) is 34.5 Å². The van der Waals surface area contributed by atoms with Crippen molar-refractivity contribution in [1.29, 1.82) is 0 Å². The number of hydrogen-bond acceptors (Lipinski definition) is 28. The van der Waals surface area contributed by atoms with Gasteiger partial charge in [0.25, 0.3) is 0 Å². The molecule has 8 fully saturated rings. The Balaban J connectivity index is 0.944. The molecule has 20 unspecified atom stereocenters. The highest BCUT2D eigenvalue weighted by Gasteiger charge is 2.68. The Labute approximate surface area is 509 Å². The number of aliphatic hydroxyl groups is 5. The normalized spacial score (nSPS) is 44.8. The summed E-state index contributed by atoms with van der Waals surface area (Å²) in [5.74, 6) is -5.33. The molecule has 0 radical (unpaired) electrons. The lowest BCUT2D eigenvalue weighted by molar-refractivity contribution is -0.349. The van der Waals surface area contributed by atoms with Crippen molar-refractivity contribution in [1.82, 2.24) is 0 Å². The van der Waals surface area contributed by atoms with Gasteiger partial charge in [0.15, 0.2) is 61.8 Å². The lowest BCUT2D eigenvalue weighted by Gasteiger charge is -2.64. The molecule has 28 heteroatoms. The van der Waals surface area contributed by atoms with Crippen molar-refractivity contribution in [2.45, 2.75) is 255 Å². The van der Waals surface area contributed by atoms with Crippen molar-refractivity contribution >= 4 is 41.8 Å². The van der Waals surface area contributed by atoms with Crippen molar-refractivity contribution in [3.63, 3.8) is 0 Å². The number of esters is 7. The summed E-state index contributed by atoms with van der Waals surface area (Å²) in [7, 11) is 1.41. The minimum atomic E-state index is -1.91. The van der Waals surface area contributed by atoms with Gasteiger partial charge in [0.2, 0.25) is 0 Å². The second-order valence-electron chi connectivity index (χ2n) is 25.6. The lowest BCUT2D eigenvalue weighted by Crippen LogP contribution is -2.65. The molecule has 0 aromatic carbocycles. The molecule has 0 aromatic rings. The highest BCUT2D eigenvalue weighted by Crippen LogP contribution is 2.70. The molecular formula is C60H88O28. The number of fused-ring (bicyclic) bond motifs is 5. The summed E-state index contributed by atoms with van der Waals surface area (Å²) in [6, 6.07) is 0. The number of aliphatic hydroxyl groups excluding tert-OH is 4. The van der Waals surface area contributed by atoms with Crippen LogP contribution in [0.2, 0.25) is 0 Å². The van der Waals surface area contributed by atoms with E-state index < -0.39 is 189 Å². The van der Waals surface area contributed by atoms with Crippen LogP contribution in [0, 0.1) is 34.5 Å². The van der Waals surface area contributed by atoms with Gasteiger partial charge in [-0.1, -0.05) is 13.8 Å². The number of carbonyl (C=O) groups is 7. The number of methoxy groups -OCH3 is 1. The van der Waals surface area contributed by atoms with Gasteiger partial charge in [-0.3, -0.25) is 28.8 Å². The Hall–Kier alpha value is -4.53. The Morgan fingerprint density at radius 2 is 1.09 bits per heavy atom. The molecule has 5 aliphatic heterocycles. The fraction of sp³-hybridized carbons (Fsp3) is 0.850. The molecule has 0 aromatic heterocycles. The number of rotatable bonds is 19. The zero-order valence-corrected chi connectivity index (χ0v) is 51.5. The second kappa shape index (κ2) is 27.7. The summed E-state index contributed by atoms with van der Waals surface area (Å²) < 4.78 is 94.9. The smallest absolute Gasteiger partial charge is 0.331 e. The molecule has 9 aliphatic rings. The SMILES string of the molecule is COC1CC(OCC2OC(OCC3O[C@@H](OCC4OC(OC5CCC6(C)C(CCC7C6CCC6(C)C(C8=CC(=O)OC8)CCC76O)C5)[C@H](OC(C)=O)[C@@H](OC(C)=O)[C@@H]4OC(C)=O)[C@H](OC(C)=O)[C@@H](OC(C)=O)[C@@H]3OC(C)=O)C(O)C(O)C2O)OC(C)C1O. The Bertz CT molecular complexity index is 2560. The van der Waals surface area contributed by atoms with Crippen molar-refractivity contribution in [2.75, 3.05) is 33.5 Å². The predicted molar refractivity (Wildman–Crippen MR) is 292 cm³/mol. The molecule has 4 saturated carbocycles. The maximum absolute atomic E-state index is 13.0. The molecule has 5 heterocycles. The highest BCUT2D eigenvalue weighted by molar-refractivity contribution is 5.85. The summed E-state index contributed by atoms with van der Waals surface area (Å²) in [5.41, 5.74) is -0.616. The molecule has 5 N–H and O–H groups in total. The van der Waals surface area contributed by atoms with Gasteiger partial charge in [-0.15, -0.1) is 0 Å². The van der Waals surface area contributed by atoms with E-state index in [0.29, 0.717) is 25.7 Å². The minimum absolute atomic E-state index is 0.0246. The molecule has 9 rings (SSSR count). The Morgan fingerprint density at radius 1 is 0.557 bits per heavy atom. The fourth-order valence-electron chi connectivity index (χ4n) is 16.0. The molecule has 88 heavy (non-hydrogen) atoms. The molecule has 0 bridgehead atoms. The van der Waals surface area contributed by atoms with Crippen LogP contribution in [0.3, 0.4) is 0 Å². The molecule has 28 nitrogen and oxygen atoms in total. The van der Waals surface area contributed by atoms with Crippen LogP contribution >= 0.6 is 0 Å². The van der Waals surface area contributed by atoms with Crippen LogP contribution in [0.4, 0.5) is 0 Å². The summed E-state index contributed by atoms with van der Waals surface area (Å²) in [6.07, 6.45) is -20.5. The van der Waals surface area contributed by atoms with E-state index in [2.05, 4.69) is 13.8 Å². The number of cyclic esters (lactones) is 1. The van der Waals surface area contributed by atoms with Crippen LogP contribution in [0.5, 0.6) is 0 Å². The molecule has 0 spiro atoms. The van der Waals surface area contributed by atoms with Gasteiger partial charge in [0.05, 0.1) is 43.7 Å². The van der Waals surface area contributed by atoms with Gasteiger partial charge in [-0.25, -0.2) is 4.79 Å². The zero-order valence-electron chi connectivity index (χ0n) is 51.5. The van der Waals surface area contributed by atoms with E-state index in [-0.39, 0.29) is 48.1 Å². The second-order valence-corrected chi connectivity index (χ2v) is 25.6. The van der Waals surface area contributed by atoms with Crippen LogP contribution in [-0.2, 0) is 109 Å². The zero-order chi connectivity index (χ0) is 63.9. The maximum Gasteiger partial charge on any atom is 0.331 e. The van der Waals surface area contributed by atoms with Crippen LogP contribution < -0.4 is 0 Å². The van der Waals surface area contributed by atoms with Gasteiger partial charge in [-0.05, 0) is 99.4 Å². The van der Waals surface area contributed by atoms with E-state index in [4.69, 9.17) is 75.8 Å². The van der Waals surface area contributed by atoms with Crippen LogP contribution in [0.1, 0.15) is 127 Å². The molecule has 27 atom stereocenters. The largest absolute Gasteiger partial charge is 0.458 e. The van der Waals surface area contributed by atoms with E-state index >= 15 is 0 Å². The van der Waals surface area contributed by atoms with Gasteiger partial charge in [0, 0.05) is 66.6 Å². The third-order valence-electron chi connectivity index (χ3n) is 20.2. The summed E-state index contributed by atoms with van der Waals surface area (Å²) in [6.45, 7) is 10.9. The van der Waals surface area contributed by atoms with E-state index in [0.717, 1.165) is 79.2 Å². The topological polar surface area (TPSA) is 368 Å². The first-order chi connectivity index (χ1) is 41.5. The van der Waals surface area contributed by atoms with Crippen molar-refractivity contribution in [3.8, 4) is 0 Å². The van der Waals surface area contributed by atoms with Gasteiger partial charge < -0.3 is 101 Å². The third kappa shape index (κ3) is 14.1. The maximum atomic E-state index is 13.0. The summed E-state index contributed by atoms with van der Waals surface area (Å²) in [5, 5.41) is 56.5. The van der Waals surface area contributed by atoms with Gasteiger partial charge >= 0.3 is 41.8 Å². The Kier molecular flexibility index (Phi) is 21.4. The van der Waals surface area contributed by atoms with Crippen LogP contribution in [0.15, 0.2) is 11.6 Å². The first kappa shape index (κ1) is 67.9. The first-order valence-corrected chi connectivity index (χ1v) is 30.6. The number of ether oxygens (including phenoxy) is 16. The van der Waals surface area contributed by atoms with E-state index in [1.165, 1.54) is 7.11 Å². The minimum Gasteiger partial charge on any atom is -0.458 e. The van der Waals surface area contributed by atoms with Gasteiger partial charge in [-0.2, -0.15) is 0 Å². The van der Waals surface area contributed by atoms with Crippen LogP contribution in [0.25, 0.3) is 0 Å². The van der Waals surface area contributed by atoms with E-state index in [9.17, 15) is 59.1 Å². The molecule has 0 amide bonds. The Morgan fingerprint density at radius 3 is 1.66 bits per heavy atom. The standard InChI is InChI=1S/C60H88O28/c1-26-45(68)39(73-10)21-44(78-26)75-23-40-46(69)47(70)48(71)55(86-40)76-24-41-49(79-27(2)61)51(81-29(4)63)53(83-31(6)65)56(87-41)77-25-42-50(80-28(3)62)52(82-30(5)64)54(84-32(7)66)57(88-42)85-35-13-16-58(8)34(20-35)11-12-38-37(58)14-17-59(9)36(15-18-60(38,59)72)33-19-43(67)74-22-33/h19,26,34-42,44-57,68-72H,11-18,20-25H2,1-10H3/t26?,34?,35?,36?,37?,38?,39?,40?,41?,42?,44?,45?,46?,47?,48?,49-,50-,51+,52+,53-,54-,55?,56-,57?,58?,59?,60?/m1/s1. The van der Waals surface area contributed by atoms with E-state index in [1.54, 1.807) is 13.0 Å². The summed E-state index contributed by atoms with van der Waals surface area (Å²) >= 11 is 0. The fourth-order valence-corrected chi connectivity index (χ4v) is 16.0. The predicted octanol–water partition coefficient (Wildman–Crippen LogP) is 1.04.